The Morgan fingerprint density at radius 3 is 2.92 bits per heavy atom. The number of aliphatic carboxylic acids is 1. The predicted molar refractivity (Wildman–Crippen MR) is 88.0 cm³/mol. The van der Waals surface area contributed by atoms with Gasteiger partial charge in [0.2, 0.25) is 0 Å². The van der Waals surface area contributed by atoms with Crippen molar-refractivity contribution in [3.8, 4) is 0 Å². The normalized spacial score (nSPS) is 18.2. The molecule has 0 radical (unpaired) electrons. The molecule has 0 aromatic carbocycles. The quantitative estimate of drug-likeness (QED) is 0.769. The number of carboxylic acid groups (broad SMARTS) is 1. The van der Waals surface area contributed by atoms with Crippen LogP contribution in [0.25, 0.3) is 0 Å². The van der Waals surface area contributed by atoms with Gasteiger partial charge in [-0.15, -0.1) is 11.3 Å². The van der Waals surface area contributed by atoms with E-state index in [1.165, 1.54) is 11.3 Å². The van der Waals surface area contributed by atoms with E-state index < -0.39 is 11.9 Å². The fraction of sp³-hybridized carbons (Fsp3) is 0.467. The van der Waals surface area contributed by atoms with Crippen molar-refractivity contribution < 1.29 is 19.4 Å². The molecule has 128 valence electrons. The van der Waals surface area contributed by atoms with Crippen molar-refractivity contribution in [2.45, 2.75) is 6.92 Å². The SMILES string of the molecule is CCOC(=O)C1=C2CN(CC(=O)O)CCN2C(c2nccs2)=NC1. The summed E-state index contributed by atoms with van der Waals surface area (Å²) in [5.41, 5.74) is 1.26. The maximum atomic E-state index is 12.3. The molecule has 0 amide bonds. The molecule has 0 atom stereocenters. The van der Waals surface area contributed by atoms with E-state index in [4.69, 9.17) is 9.84 Å². The van der Waals surface area contributed by atoms with Crippen LogP contribution < -0.4 is 0 Å². The number of aliphatic imine (C=N–C) groups is 1. The monoisotopic (exact) mass is 350 g/mol. The Morgan fingerprint density at radius 1 is 1.42 bits per heavy atom. The molecule has 1 fully saturated rings. The number of rotatable bonds is 5. The van der Waals surface area contributed by atoms with Crippen molar-refractivity contribution in [2.24, 2.45) is 4.99 Å². The number of hydrogen-bond donors (Lipinski definition) is 1. The minimum absolute atomic E-state index is 0.0584. The molecular formula is C15H18N4O4S. The Kier molecular flexibility index (Phi) is 4.91. The largest absolute Gasteiger partial charge is 0.480 e. The summed E-state index contributed by atoms with van der Waals surface area (Å²) >= 11 is 1.49. The summed E-state index contributed by atoms with van der Waals surface area (Å²) in [4.78, 5) is 35.8. The van der Waals surface area contributed by atoms with Gasteiger partial charge in [0, 0.05) is 36.9 Å². The van der Waals surface area contributed by atoms with Crippen LogP contribution in [-0.2, 0) is 14.3 Å². The van der Waals surface area contributed by atoms with Crippen molar-refractivity contribution in [1.82, 2.24) is 14.8 Å². The third-order valence-corrected chi connectivity index (χ3v) is 4.60. The highest BCUT2D eigenvalue weighted by atomic mass is 32.1. The summed E-state index contributed by atoms with van der Waals surface area (Å²) in [5.74, 6) is -0.536. The maximum absolute atomic E-state index is 12.3. The summed E-state index contributed by atoms with van der Waals surface area (Å²) in [6, 6.07) is 0. The van der Waals surface area contributed by atoms with Crippen LogP contribution in [0.5, 0.6) is 0 Å². The molecule has 0 saturated carbocycles. The number of carbonyl (C=O) groups excluding carboxylic acids is 1. The predicted octanol–water partition coefficient (Wildman–Crippen LogP) is 0.423. The lowest BCUT2D eigenvalue weighted by molar-refractivity contribution is -0.139. The number of aromatic nitrogens is 1. The summed E-state index contributed by atoms with van der Waals surface area (Å²) < 4.78 is 5.13. The molecule has 0 aliphatic carbocycles. The zero-order valence-corrected chi connectivity index (χ0v) is 14.1. The van der Waals surface area contributed by atoms with E-state index in [-0.39, 0.29) is 19.7 Å². The van der Waals surface area contributed by atoms with Gasteiger partial charge in [-0.1, -0.05) is 0 Å². The van der Waals surface area contributed by atoms with Crippen LogP contribution >= 0.6 is 11.3 Å². The number of hydrogen-bond acceptors (Lipinski definition) is 8. The van der Waals surface area contributed by atoms with Crippen LogP contribution in [0.1, 0.15) is 11.9 Å². The summed E-state index contributed by atoms with van der Waals surface area (Å²) in [6.07, 6.45) is 1.72. The van der Waals surface area contributed by atoms with Crippen molar-refractivity contribution in [2.75, 3.05) is 39.3 Å². The molecule has 2 aliphatic rings. The molecule has 0 spiro atoms. The maximum Gasteiger partial charge on any atom is 0.337 e. The number of nitrogens with zero attached hydrogens (tertiary/aromatic N) is 4. The molecule has 9 heteroatoms. The van der Waals surface area contributed by atoms with Crippen molar-refractivity contribution in [3.63, 3.8) is 0 Å². The minimum atomic E-state index is -0.883. The number of carbonyl (C=O) groups is 2. The average Bonchev–Trinajstić information content (AvgIpc) is 3.07. The van der Waals surface area contributed by atoms with E-state index in [0.717, 1.165) is 16.5 Å². The fourth-order valence-electron chi connectivity index (χ4n) is 2.82. The van der Waals surface area contributed by atoms with Gasteiger partial charge in [0.25, 0.3) is 0 Å². The number of thiazole rings is 1. The van der Waals surface area contributed by atoms with Crippen LogP contribution in [0.15, 0.2) is 27.8 Å². The lowest BCUT2D eigenvalue weighted by Crippen LogP contribution is -2.51. The molecule has 0 bridgehead atoms. The van der Waals surface area contributed by atoms with E-state index in [2.05, 4.69) is 9.98 Å². The van der Waals surface area contributed by atoms with E-state index in [1.807, 2.05) is 10.3 Å². The second-order valence-corrected chi connectivity index (χ2v) is 6.27. The average molecular weight is 350 g/mol. The van der Waals surface area contributed by atoms with Gasteiger partial charge in [-0.05, 0) is 6.92 Å². The molecule has 1 saturated heterocycles. The highest BCUT2D eigenvalue weighted by Gasteiger charge is 2.34. The Labute approximate surface area is 143 Å². The van der Waals surface area contributed by atoms with Gasteiger partial charge in [-0.3, -0.25) is 14.7 Å². The number of carboxylic acids is 1. The number of piperazine rings is 1. The lowest BCUT2D eigenvalue weighted by atomic mass is 10.1. The summed E-state index contributed by atoms with van der Waals surface area (Å²) in [6.45, 7) is 3.73. The zero-order valence-electron chi connectivity index (χ0n) is 13.3. The van der Waals surface area contributed by atoms with Gasteiger partial charge in [0.1, 0.15) is 0 Å². The van der Waals surface area contributed by atoms with Gasteiger partial charge >= 0.3 is 11.9 Å². The number of fused-ring (bicyclic) bond motifs is 1. The molecule has 1 aromatic heterocycles. The highest BCUT2D eigenvalue weighted by molar-refractivity contribution is 7.11. The standard InChI is InChI=1S/C15H18N4O4S/c1-2-23-15(22)10-7-17-13(14-16-3-6-24-14)19-5-4-18(8-11(10)19)9-12(20)21/h3,6H,2,4-5,7-9H2,1H3,(H,20,21). The van der Waals surface area contributed by atoms with E-state index in [1.54, 1.807) is 18.0 Å². The van der Waals surface area contributed by atoms with Gasteiger partial charge in [-0.2, -0.15) is 0 Å². The smallest absolute Gasteiger partial charge is 0.337 e. The molecule has 8 nitrogen and oxygen atoms in total. The molecule has 1 aromatic rings. The van der Waals surface area contributed by atoms with E-state index >= 15 is 0 Å². The van der Waals surface area contributed by atoms with E-state index in [9.17, 15) is 9.59 Å². The third kappa shape index (κ3) is 3.31. The summed E-state index contributed by atoms with van der Waals surface area (Å²) in [5, 5.41) is 11.7. The van der Waals surface area contributed by atoms with Gasteiger partial charge < -0.3 is 14.7 Å². The van der Waals surface area contributed by atoms with Gasteiger partial charge in [-0.25, -0.2) is 9.78 Å². The minimum Gasteiger partial charge on any atom is -0.480 e. The highest BCUT2D eigenvalue weighted by Crippen LogP contribution is 2.26. The van der Waals surface area contributed by atoms with Crippen LogP contribution in [0.3, 0.4) is 0 Å². The number of esters is 1. The molecule has 1 N–H and O–H groups in total. The molecule has 0 unspecified atom stereocenters. The Bertz CT molecular complexity index is 698. The number of amidine groups is 1. The molecular weight excluding hydrogens is 332 g/mol. The Hall–Kier alpha value is -2.26. The molecule has 3 rings (SSSR count). The van der Waals surface area contributed by atoms with Crippen LogP contribution in [0.4, 0.5) is 0 Å². The molecule has 3 heterocycles. The molecule has 2 aliphatic heterocycles. The first kappa shape index (κ1) is 16.6. The number of ether oxygens (including phenoxy) is 1. The summed E-state index contributed by atoms with van der Waals surface area (Å²) in [7, 11) is 0. The zero-order chi connectivity index (χ0) is 17.1. The molecule has 24 heavy (non-hydrogen) atoms. The second kappa shape index (κ2) is 7.10. The van der Waals surface area contributed by atoms with Crippen LogP contribution in [-0.4, -0.2) is 77.0 Å². The topological polar surface area (TPSA) is 95.3 Å². The lowest BCUT2D eigenvalue weighted by Gasteiger charge is -2.40. The van der Waals surface area contributed by atoms with E-state index in [0.29, 0.717) is 25.2 Å². The van der Waals surface area contributed by atoms with Crippen molar-refractivity contribution in [3.05, 3.63) is 27.9 Å². The van der Waals surface area contributed by atoms with Crippen molar-refractivity contribution >= 4 is 29.1 Å². The fourth-order valence-corrected chi connectivity index (χ4v) is 3.47. The third-order valence-electron chi connectivity index (χ3n) is 3.83. The van der Waals surface area contributed by atoms with Gasteiger partial charge in [0.05, 0.1) is 25.3 Å². The second-order valence-electron chi connectivity index (χ2n) is 5.38. The first-order chi connectivity index (χ1) is 11.6. The van der Waals surface area contributed by atoms with Crippen LogP contribution in [0.2, 0.25) is 0 Å². The van der Waals surface area contributed by atoms with Gasteiger partial charge in [0.15, 0.2) is 10.8 Å². The van der Waals surface area contributed by atoms with Crippen LogP contribution in [0, 0.1) is 0 Å². The first-order valence-electron chi connectivity index (χ1n) is 7.65. The Morgan fingerprint density at radius 2 is 2.25 bits per heavy atom. The Balaban J connectivity index is 1.91. The van der Waals surface area contributed by atoms with Crippen molar-refractivity contribution in [1.29, 1.82) is 0 Å². The first-order valence-corrected chi connectivity index (χ1v) is 8.53.